The van der Waals surface area contributed by atoms with E-state index in [0.717, 1.165) is 24.0 Å². The molecule has 0 radical (unpaired) electrons. The minimum atomic E-state index is -1.16. The highest BCUT2D eigenvalue weighted by Gasteiger charge is 2.57. The van der Waals surface area contributed by atoms with Crippen LogP contribution in [0.5, 0.6) is 0 Å². The molecule has 1 aliphatic carbocycles. The number of rotatable bonds is 7. The lowest BCUT2D eigenvalue weighted by Crippen LogP contribution is -2.49. The van der Waals surface area contributed by atoms with Gasteiger partial charge in [-0.15, -0.1) is 0 Å². The van der Waals surface area contributed by atoms with Crippen molar-refractivity contribution >= 4 is 23.6 Å². The van der Waals surface area contributed by atoms with Gasteiger partial charge in [0, 0.05) is 43.9 Å². The fraction of sp³-hybridized carbons (Fsp3) is 0.583. The predicted molar refractivity (Wildman–Crippen MR) is 115 cm³/mol. The van der Waals surface area contributed by atoms with Crippen molar-refractivity contribution in [3.63, 3.8) is 0 Å². The number of benzene rings is 1. The lowest BCUT2D eigenvalue weighted by Gasteiger charge is -2.34. The molecular weight excluding hydrogens is 394 g/mol. The number of hydrogen-bond acceptors (Lipinski definition) is 4. The first-order chi connectivity index (χ1) is 14.7. The summed E-state index contributed by atoms with van der Waals surface area (Å²) in [6.45, 7) is 6.22. The zero-order valence-electron chi connectivity index (χ0n) is 18.5. The second-order valence-corrected chi connectivity index (χ2v) is 9.49. The summed E-state index contributed by atoms with van der Waals surface area (Å²) >= 11 is 0. The molecule has 0 aromatic heterocycles. The summed E-state index contributed by atoms with van der Waals surface area (Å²) in [7, 11) is 0. The Labute approximate surface area is 183 Å². The van der Waals surface area contributed by atoms with E-state index in [1.165, 1.54) is 4.90 Å². The molecule has 7 nitrogen and oxygen atoms in total. The van der Waals surface area contributed by atoms with Gasteiger partial charge < -0.3 is 10.2 Å². The Morgan fingerprint density at radius 3 is 2.48 bits per heavy atom. The summed E-state index contributed by atoms with van der Waals surface area (Å²) in [5.41, 5.74) is 0.518. The third-order valence-electron chi connectivity index (χ3n) is 6.82. The smallest absolute Gasteiger partial charge is 0.241 e. The van der Waals surface area contributed by atoms with E-state index in [1.807, 2.05) is 45.0 Å². The van der Waals surface area contributed by atoms with Crippen molar-refractivity contribution in [2.24, 2.45) is 0 Å². The number of imide groups is 1. The van der Waals surface area contributed by atoms with Crippen molar-refractivity contribution in [3.05, 3.63) is 35.4 Å². The predicted octanol–water partition coefficient (Wildman–Crippen LogP) is 2.06. The lowest BCUT2D eigenvalue weighted by atomic mass is 9.73. The molecule has 2 aliphatic heterocycles. The van der Waals surface area contributed by atoms with E-state index in [9.17, 15) is 19.2 Å². The van der Waals surface area contributed by atoms with E-state index in [0.29, 0.717) is 19.4 Å². The average Bonchev–Trinajstić information content (AvgIpc) is 3.40. The molecule has 1 N–H and O–H groups in total. The van der Waals surface area contributed by atoms with Crippen molar-refractivity contribution < 1.29 is 19.2 Å². The highest BCUT2D eigenvalue weighted by Crippen LogP contribution is 2.45. The number of amides is 4. The van der Waals surface area contributed by atoms with Crippen LogP contribution in [0.4, 0.5) is 0 Å². The topological polar surface area (TPSA) is 86.8 Å². The van der Waals surface area contributed by atoms with Crippen molar-refractivity contribution in [1.82, 2.24) is 15.1 Å². The molecule has 3 aliphatic rings. The summed E-state index contributed by atoms with van der Waals surface area (Å²) < 4.78 is 0. The quantitative estimate of drug-likeness (QED) is 0.678. The molecule has 0 unspecified atom stereocenters. The molecule has 7 heteroatoms. The van der Waals surface area contributed by atoms with Crippen molar-refractivity contribution in [2.75, 3.05) is 6.54 Å². The zero-order valence-corrected chi connectivity index (χ0v) is 18.5. The number of carbonyl (C=O) groups excluding carboxylic acids is 4. The van der Waals surface area contributed by atoms with Gasteiger partial charge in [-0.1, -0.05) is 24.3 Å². The molecule has 1 aromatic carbocycles. The second kappa shape index (κ2) is 8.09. The highest BCUT2D eigenvalue weighted by molar-refractivity contribution is 6.11. The molecule has 2 saturated heterocycles. The van der Waals surface area contributed by atoms with Crippen molar-refractivity contribution in [3.8, 4) is 0 Å². The Bertz CT molecular complexity index is 923. The van der Waals surface area contributed by atoms with Crippen LogP contribution < -0.4 is 5.32 Å². The van der Waals surface area contributed by atoms with Gasteiger partial charge in [0.25, 0.3) is 0 Å². The molecule has 1 aromatic rings. The van der Waals surface area contributed by atoms with Crippen LogP contribution >= 0.6 is 0 Å². The van der Waals surface area contributed by atoms with Gasteiger partial charge in [-0.25, -0.2) is 0 Å². The first kappa shape index (κ1) is 21.5. The van der Waals surface area contributed by atoms with Crippen LogP contribution in [0, 0.1) is 6.92 Å². The van der Waals surface area contributed by atoms with Crippen LogP contribution in [0.1, 0.15) is 63.5 Å². The van der Waals surface area contributed by atoms with E-state index in [4.69, 9.17) is 0 Å². The van der Waals surface area contributed by atoms with Crippen LogP contribution in [0.2, 0.25) is 0 Å². The second-order valence-electron chi connectivity index (χ2n) is 9.49. The third-order valence-corrected chi connectivity index (χ3v) is 6.82. The van der Waals surface area contributed by atoms with Crippen LogP contribution in [0.25, 0.3) is 0 Å². The number of aryl methyl sites for hydroxylation is 1. The van der Waals surface area contributed by atoms with E-state index in [1.54, 1.807) is 4.90 Å². The van der Waals surface area contributed by atoms with E-state index >= 15 is 0 Å². The molecule has 0 bridgehead atoms. The van der Waals surface area contributed by atoms with Gasteiger partial charge in [-0.05, 0) is 51.2 Å². The summed E-state index contributed by atoms with van der Waals surface area (Å²) in [5, 5.41) is 2.92. The highest BCUT2D eigenvalue weighted by atomic mass is 16.2. The zero-order chi connectivity index (χ0) is 22.3. The Kier molecular flexibility index (Phi) is 5.62. The molecule has 1 saturated carbocycles. The number of carbonyl (C=O) groups is 4. The van der Waals surface area contributed by atoms with Gasteiger partial charge >= 0.3 is 0 Å². The molecule has 3 fully saturated rings. The van der Waals surface area contributed by atoms with Gasteiger partial charge in [-0.3, -0.25) is 24.1 Å². The van der Waals surface area contributed by atoms with Crippen LogP contribution in [0.15, 0.2) is 24.3 Å². The maximum absolute atomic E-state index is 13.7. The molecule has 4 rings (SSSR count). The minimum Gasteiger partial charge on any atom is -0.352 e. The van der Waals surface area contributed by atoms with Gasteiger partial charge in [0.15, 0.2) is 0 Å². The number of likely N-dealkylation sites (tertiary alicyclic amines) is 1. The molecule has 2 heterocycles. The summed E-state index contributed by atoms with van der Waals surface area (Å²) in [6, 6.07) is 7.39. The minimum absolute atomic E-state index is 0.00850. The molecule has 166 valence electrons. The molecule has 2 atom stereocenters. The van der Waals surface area contributed by atoms with E-state index in [2.05, 4.69) is 5.32 Å². The largest absolute Gasteiger partial charge is 0.352 e. The third kappa shape index (κ3) is 3.98. The SMILES string of the molecule is Cc1ccccc1[C@@]1(CC(=O)N(C[C@H]2CCC(=O)N2)C(C)C)CC(=O)N(C2CC2)C1=O. The van der Waals surface area contributed by atoms with Crippen molar-refractivity contribution in [1.29, 1.82) is 0 Å². The fourth-order valence-corrected chi connectivity index (χ4v) is 5.03. The van der Waals surface area contributed by atoms with Gasteiger partial charge in [0.05, 0.1) is 5.41 Å². The average molecular weight is 426 g/mol. The standard InChI is InChI=1S/C24H31N3O4/c1-15(2)26(14-17-8-11-20(28)25-17)21(29)12-24(19-7-5-4-6-16(19)3)13-22(30)27(23(24)31)18-9-10-18/h4-7,15,17-18H,8-14H2,1-3H3,(H,25,28)/t17-,24-/m1/s1. The van der Waals surface area contributed by atoms with E-state index in [-0.39, 0.29) is 54.6 Å². The van der Waals surface area contributed by atoms with E-state index < -0.39 is 5.41 Å². The Hall–Kier alpha value is -2.70. The molecule has 31 heavy (non-hydrogen) atoms. The first-order valence-electron chi connectivity index (χ1n) is 11.2. The monoisotopic (exact) mass is 425 g/mol. The van der Waals surface area contributed by atoms with Crippen LogP contribution in [0.3, 0.4) is 0 Å². The Morgan fingerprint density at radius 2 is 1.90 bits per heavy atom. The summed E-state index contributed by atoms with van der Waals surface area (Å²) in [4.78, 5) is 54.9. The molecule has 0 spiro atoms. The number of nitrogens with one attached hydrogen (secondary N) is 1. The van der Waals surface area contributed by atoms with Crippen molar-refractivity contribution in [2.45, 2.75) is 82.8 Å². The normalized spacial score (nSPS) is 26.0. The number of hydrogen-bond donors (Lipinski definition) is 1. The molecule has 4 amide bonds. The van der Waals surface area contributed by atoms with Gasteiger partial charge in [0.2, 0.25) is 23.6 Å². The lowest BCUT2D eigenvalue weighted by molar-refractivity contribution is -0.143. The maximum atomic E-state index is 13.7. The fourth-order valence-electron chi connectivity index (χ4n) is 5.03. The first-order valence-corrected chi connectivity index (χ1v) is 11.2. The maximum Gasteiger partial charge on any atom is 0.241 e. The Balaban J connectivity index is 1.65. The summed E-state index contributed by atoms with van der Waals surface area (Å²) in [5.74, 6) is -0.560. The van der Waals surface area contributed by atoms with Crippen LogP contribution in [-0.2, 0) is 24.6 Å². The number of nitrogens with zero attached hydrogens (tertiary/aromatic N) is 2. The summed E-state index contributed by atoms with van der Waals surface area (Å²) in [6.07, 6.45) is 2.85. The van der Waals surface area contributed by atoms with Gasteiger partial charge in [0.1, 0.15) is 0 Å². The van der Waals surface area contributed by atoms with Crippen LogP contribution in [-0.4, -0.2) is 58.1 Å². The Morgan fingerprint density at radius 1 is 1.19 bits per heavy atom. The molecular formula is C24H31N3O4. The van der Waals surface area contributed by atoms with Gasteiger partial charge in [-0.2, -0.15) is 0 Å².